The van der Waals surface area contributed by atoms with Crippen LogP contribution < -0.4 is 4.72 Å². The molecule has 1 aromatic carbocycles. The highest BCUT2D eigenvalue weighted by molar-refractivity contribution is 7.89. The van der Waals surface area contributed by atoms with Crippen LogP contribution in [0.3, 0.4) is 0 Å². The van der Waals surface area contributed by atoms with Crippen LogP contribution in [0.25, 0.3) is 0 Å². The van der Waals surface area contributed by atoms with Crippen molar-refractivity contribution in [2.45, 2.75) is 55.4 Å². The average Bonchev–Trinajstić information content (AvgIpc) is 2.42. The van der Waals surface area contributed by atoms with Gasteiger partial charge in [-0.25, -0.2) is 12.8 Å². The van der Waals surface area contributed by atoms with Gasteiger partial charge in [0.2, 0.25) is 10.0 Å². The third-order valence-electron chi connectivity index (χ3n) is 3.86. The maximum absolute atomic E-state index is 13.2. The highest BCUT2D eigenvalue weighted by Crippen LogP contribution is 2.27. The molecule has 4 nitrogen and oxygen atoms in total. The van der Waals surface area contributed by atoms with Crippen LogP contribution in [0, 0.1) is 17.1 Å². The van der Waals surface area contributed by atoms with Crippen molar-refractivity contribution >= 4 is 10.0 Å². The zero-order valence-corrected chi connectivity index (χ0v) is 12.6. The van der Waals surface area contributed by atoms with Gasteiger partial charge >= 0.3 is 0 Å². The molecule has 0 aromatic heterocycles. The molecule has 21 heavy (non-hydrogen) atoms. The standard InChI is InChI=1S/C15H19FN2O2S/c16-13-7-6-8-14(11-13)21(19,20)18-15(12-17)9-4-2-1-3-5-10-15/h6-8,11,18H,1-5,9-10H2. The minimum absolute atomic E-state index is 0.140. The molecule has 1 aliphatic carbocycles. The van der Waals surface area contributed by atoms with E-state index in [1.54, 1.807) is 0 Å². The number of nitrogens with zero attached hydrogens (tertiary/aromatic N) is 1. The topological polar surface area (TPSA) is 70.0 Å². The number of benzene rings is 1. The smallest absolute Gasteiger partial charge is 0.207 e. The maximum Gasteiger partial charge on any atom is 0.242 e. The highest BCUT2D eigenvalue weighted by atomic mass is 32.2. The van der Waals surface area contributed by atoms with Gasteiger partial charge in [-0.05, 0) is 31.0 Å². The number of hydrogen-bond donors (Lipinski definition) is 1. The van der Waals surface area contributed by atoms with Crippen molar-refractivity contribution in [2.75, 3.05) is 0 Å². The van der Waals surface area contributed by atoms with Crippen molar-refractivity contribution in [2.24, 2.45) is 0 Å². The Morgan fingerprint density at radius 3 is 2.33 bits per heavy atom. The fourth-order valence-electron chi connectivity index (χ4n) is 2.70. The van der Waals surface area contributed by atoms with Gasteiger partial charge in [0, 0.05) is 0 Å². The van der Waals surface area contributed by atoms with E-state index >= 15 is 0 Å². The lowest BCUT2D eigenvalue weighted by Crippen LogP contribution is -2.47. The molecule has 0 heterocycles. The molecule has 1 N–H and O–H groups in total. The van der Waals surface area contributed by atoms with E-state index in [9.17, 15) is 18.1 Å². The summed E-state index contributed by atoms with van der Waals surface area (Å²) in [7, 11) is -3.89. The molecule has 114 valence electrons. The van der Waals surface area contributed by atoms with E-state index in [0.717, 1.165) is 38.2 Å². The van der Waals surface area contributed by atoms with Crippen LogP contribution in [-0.2, 0) is 10.0 Å². The van der Waals surface area contributed by atoms with Gasteiger partial charge in [0.15, 0.2) is 0 Å². The number of halogens is 1. The van der Waals surface area contributed by atoms with Gasteiger partial charge in [0.25, 0.3) is 0 Å². The summed E-state index contributed by atoms with van der Waals surface area (Å²) in [5.41, 5.74) is -1.08. The van der Waals surface area contributed by atoms with Crippen LogP contribution in [0.15, 0.2) is 29.2 Å². The summed E-state index contributed by atoms with van der Waals surface area (Å²) in [6, 6.07) is 6.98. The zero-order chi connectivity index (χ0) is 15.3. The van der Waals surface area contributed by atoms with E-state index in [0.29, 0.717) is 12.8 Å². The van der Waals surface area contributed by atoms with Gasteiger partial charge in [-0.2, -0.15) is 9.98 Å². The van der Waals surface area contributed by atoms with Crippen molar-refractivity contribution in [3.8, 4) is 6.07 Å². The fraction of sp³-hybridized carbons (Fsp3) is 0.533. The Bertz CT molecular complexity index is 629. The molecule has 0 radical (unpaired) electrons. The number of hydrogen-bond acceptors (Lipinski definition) is 3. The van der Waals surface area contributed by atoms with Gasteiger partial charge < -0.3 is 0 Å². The van der Waals surface area contributed by atoms with Crippen LogP contribution in [0.2, 0.25) is 0 Å². The molecule has 2 rings (SSSR count). The predicted molar refractivity (Wildman–Crippen MR) is 77.4 cm³/mol. The highest BCUT2D eigenvalue weighted by Gasteiger charge is 2.35. The minimum atomic E-state index is -3.89. The first kappa shape index (κ1) is 15.9. The van der Waals surface area contributed by atoms with Crippen LogP contribution in [0.5, 0.6) is 0 Å². The third-order valence-corrected chi connectivity index (χ3v) is 5.39. The molecular formula is C15H19FN2O2S. The van der Waals surface area contributed by atoms with Crippen LogP contribution in [0.4, 0.5) is 4.39 Å². The first-order valence-corrected chi connectivity index (χ1v) is 8.67. The van der Waals surface area contributed by atoms with Crippen molar-refractivity contribution in [1.29, 1.82) is 5.26 Å². The molecule has 0 amide bonds. The predicted octanol–water partition coefficient (Wildman–Crippen LogP) is 3.11. The number of rotatable bonds is 3. The van der Waals surface area contributed by atoms with Gasteiger partial charge in [0.05, 0.1) is 11.0 Å². The van der Waals surface area contributed by atoms with Crippen LogP contribution in [-0.4, -0.2) is 14.0 Å². The van der Waals surface area contributed by atoms with Crippen molar-refractivity contribution in [3.05, 3.63) is 30.1 Å². The zero-order valence-electron chi connectivity index (χ0n) is 11.8. The monoisotopic (exact) mass is 310 g/mol. The van der Waals surface area contributed by atoms with Crippen molar-refractivity contribution in [3.63, 3.8) is 0 Å². The van der Waals surface area contributed by atoms with Crippen LogP contribution >= 0.6 is 0 Å². The first-order chi connectivity index (χ1) is 9.97. The molecule has 0 saturated heterocycles. The van der Waals surface area contributed by atoms with E-state index < -0.39 is 21.4 Å². The second kappa shape index (κ2) is 6.54. The molecule has 1 aromatic rings. The maximum atomic E-state index is 13.2. The molecule has 0 aliphatic heterocycles. The second-order valence-electron chi connectivity index (χ2n) is 5.52. The lowest BCUT2D eigenvalue weighted by atomic mass is 9.86. The summed E-state index contributed by atoms with van der Waals surface area (Å²) in [5.74, 6) is -0.610. The fourth-order valence-corrected chi connectivity index (χ4v) is 4.10. The van der Waals surface area contributed by atoms with Gasteiger partial charge in [-0.3, -0.25) is 0 Å². The van der Waals surface area contributed by atoms with E-state index in [1.807, 2.05) is 0 Å². The van der Waals surface area contributed by atoms with Gasteiger partial charge in [-0.15, -0.1) is 0 Å². The Morgan fingerprint density at radius 2 is 1.76 bits per heavy atom. The Labute approximate surface area is 125 Å². The summed E-state index contributed by atoms with van der Waals surface area (Å²) < 4.78 is 40.5. The molecule has 1 saturated carbocycles. The Kier molecular flexibility index (Phi) is 4.96. The molecule has 0 spiro atoms. The summed E-state index contributed by atoms with van der Waals surface area (Å²) in [6.07, 6.45) is 5.77. The largest absolute Gasteiger partial charge is 0.242 e. The normalized spacial score (nSPS) is 19.2. The number of sulfonamides is 1. The Morgan fingerprint density at radius 1 is 1.14 bits per heavy atom. The van der Waals surface area contributed by atoms with E-state index in [1.165, 1.54) is 18.2 Å². The summed E-state index contributed by atoms with van der Waals surface area (Å²) in [6.45, 7) is 0. The molecule has 0 atom stereocenters. The lowest BCUT2D eigenvalue weighted by Gasteiger charge is -2.29. The third kappa shape index (κ3) is 4.02. The molecule has 0 bridgehead atoms. The SMILES string of the molecule is N#CC1(NS(=O)(=O)c2cccc(F)c2)CCCCCCC1. The minimum Gasteiger partial charge on any atom is -0.207 e. The molecule has 1 fully saturated rings. The molecule has 0 unspecified atom stereocenters. The summed E-state index contributed by atoms with van der Waals surface area (Å²) in [4.78, 5) is -0.140. The Hall–Kier alpha value is -1.45. The van der Waals surface area contributed by atoms with Crippen LogP contribution in [0.1, 0.15) is 44.9 Å². The van der Waals surface area contributed by atoms with Gasteiger partial charge in [0.1, 0.15) is 11.4 Å². The second-order valence-corrected chi connectivity index (χ2v) is 7.21. The summed E-state index contributed by atoms with van der Waals surface area (Å²) in [5, 5.41) is 9.47. The average molecular weight is 310 g/mol. The summed E-state index contributed by atoms with van der Waals surface area (Å²) >= 11 is 0. The molecular weight excluding hydrogens is 291 g/mol. The molecule has 1 aliphatic rings. The van der Waals surface area contributed by atoms with Crippen molar-refractivity contribution in [1.82, 2.24) is 4.72 Å². The lowest BCUT2D eigenvalue weighted by molar-refractivity contribution is 0.357. The Balaban J connectivity index is 2.26. The quantitative estimate of drug-likeness (QED) is 0.932. The van der Waals surface area contributed by atoms with Crippen molar-refractivity contribution < 1.29 is 12.8 Å². The molecule has 6 heteroatoms. The van der Waals surface area contributed by atoms with E-state index in [2.05, 4.69) is 10.8 Å². The first-order valence-electron chi connectivity index (χ1n) is 7.18. The number of nitriles is 1. The van der Waals surface area contributed by atoms with Gasteiger partial charge in [-0.1, -0.05) is 38.2 Å². The number of nitrogens with one attached hydrogen (secondary N) is 1. The van der Waals surface area contributed by atoms with E-state index in [-0.39, 0.29) is 4.90 Å². The van der Waals surface area contributed by atoms with E-state index in [4.69, 9.17) is 0 Å².